The van der Waals surface area contributed by atoms with Crippen molar-refractivity contribution in [3.8, 4) is 11.8 Å². The van der Waals surface area contributed by atoms with Crippen LogP contribution in [0.1, 0.15) is 11.1 Å². The second-order valence-electron chi connectivity index (χ2n) is 4.44. The van der Waals surface area contributed by atoms with Gasteiger partial charge in [0, 0.05) is 11.8 Å². The number of aromatic nitrogens is 2. The first kappa shape index (κ1) is 13.2. The standard InChI is InChI=1S/C16H13N3O2/c17-9-3-7-12-5-1-2-6-13(12)11-19-15-14(21-16(19)20)8-4-10-18-15/h1-2,4-6,8,10H,9,11,17H2. The number of nitrogens with two attached hydrogens (primary N) is 1. The summed E-state index contributed by atoms with van der Waals surface area (Å²) in [5.41, 5.74) is 8.19. The zero-order valence-electron chi connectivity index (χ0n) is 11.2. The third kappa shape index (κ3) is 2.57. The molecule has 2 heterocycles. The topological polar surface area (TPSA) is 74.0 Å². The first-order chi connectivity index (χ1) is 10.3. The Labute approximate surface area is 121 Å². The minimum Gasteiger partial charge on any atom is -0.406 e. The molecule has 0 aliphatic heterocycles. The summed E-state index contributed by atoms with van der Waals surface area (Å²) < 4.78 is 6.68. The van der Waals surface area contributed by atoms with Gasteiger partial charge < -0.3 is 10.2 Å². The first-order valence-corrected chi connectivity index (χ1v) is 6.51. The lowest BCUT2D eigenvalue weighted by Gasteiger charge is -2.04. The molecule has 21 heavy (non-hydrogen) atoms. The third-order valence-electron chi connectivity index (χ3n) is 3.10. The molecular weight excluding hydrogens is 266 g/mol. The highest BCUT2D eigenvalue weighted by Gasteiger charge is 2.11. The number of hydrogen-bond donors (Lipinski definition) is 1. The Hall–Kier alpha value is -2.84. The summed E-state index contributed by atoms with van der Waals surface area (Å²) in [4.78, 5) is 16.2. The maximum atomic E-state index is 12.0. The average Bonchev–Trinajstić information content (AvgIpc) is 2.82. The van der Waals surface area contributed by atoms with Crippen LogP contribution in [-0.2, 0) is 6.54 Å². The van der Waals surface area contributed by atoms with E-state index in [4.69, 9.17) is 10.2 Å². The van der Waals surface area contributed by atoms with Gasteiger partial charge in [0.15, 0.2) is 11.2 Å². The molecule has 0 saturated carbocycles. The fourth-order valence-electron chi connectivity index (χ4n) is 2.14. The van der Waals surface area contributed by atoms with E-state index < -0.39 is 5.76 Å². The van der Waals surface area contributed by atoms with E-state index in [2.05, 4.69) is 16.8 Å². The van der Waals surface area contributed by atoms with Gasteiger partial charge in [0.25, 0.3) is 0 Å². The van der Waals surface area contributed by atoms with Gasteiger partial charge in [-0.05, 0) is 23.8 Å². The van der Waals surface area contributed by atoms with E-state index in [9.17, 15) is 4.79 Å². The van der Waals surface area contributed by atoms with Crippen LogP contribution >= 0.6 is 0 Å². The van der Waals surface area contributed by atoms with E-state index in [1.807, 2.05) is 24.3 Å². The van der Waals surface area contributed by atoms with Crippen molar-refractivity contribution in [2.75, 3.05) is 6.54 Å². The van der Waals surface area contributed by atoms with Gasteiger partial charge in [0.2, 0.25) is 0 Å². The number of benzene rings is 1. The number of oxazole rings is 1. The van der Waals surface area contributed by atoms with Gasteiger partial charge in [-0.3, -0.25) is 4.57 Å². The van der Waals surface area contributed by atoms with Gasteiger partial charge in [0.1, 0.15) is 0 Å². The highest BCUT2D eigenvalue weighted by molar-refractivity contribution is 5.67. The zero-order chi connectivity index (χ0) is 14.7. The third-order valence-corrected chi connectivity index (χ3v) is 3.10. The highest BCUT2D eigenvalue weighted by Crippen LogP contribution is 2.13. The molecule has 3 rings (SSSR count). The van der Waals surface area contributed by atoms with Crippen LogP contribution < -0.4 is 11.5 Å². The number of nitrogens with zero attached hydrogens (tertiary/aromatic N) is 2. The van der Waals surface area contributed by atoms with Crippen LogP contribution in [0.2, 0.25) is 0 Å². The van der Waals surface area contributed by atoms with E-state index in [1.54, 1.807) is 18.3 Å². The van der Waals surface area contributed by atoms with Gasteiger partial charge in [-0.2, -0.15) is 0 Å². The predicted octanol–water partition coefficient (Wildman–Crippen LogP) is 1.35. The van der Waals surface area contributed by atoms with Crippen molar-refractivity contribution in [3.05, 3.63) is 64.3 Å². The summed E-state index contributed by atoms with van der Waals surface area (Å²) in [6, 6.07) is 11.1. The van der Waals surface area contributed by atoms with E-state index >= 15 is 0 Å². The van der Waals surface area contributed by atoms with Gasteiger partial charge in [-0.25, -0.2) is 9.78 Å². The molecule has 5 nitrogen and oxygen atoms in total. The molecule has 5 heteroatoms. The van der Waals surface area contributed by atoms with Gasteiger partial charge in [-0.1, -0.05) is 30.0 Å². The van der Waals surface area contributed by atoms with Crippen LogP contribution in [-0.4, -0.2) is 16.1 Å². The molecule has 0 saturated heterocycles. The maximum Gasteiger partial charge on any atom is 0.421 e. The van der Waals surface area contributed by atoms with Crippen LogP contribution in [0.5, 0.6) is 0 Å². The van der Waals surface area contributed by atoms with Crippen LogP contribution in [0.25, 0.3) is 11.2 Å². The zero-order valence-corrected chi connectivity index (χ0v) is 11.2. The Morgan fingerprint density at radius 1 is 1.24 bits per heavy atom. The predicted molar refractivity (Wildman–Crippen MR) is 79.7 cm³/mol. The fraction of sp³-hybridized carbons (Fsp3) is 0.125. The minimum absolute atomic E-state index is 0.296. The summed E-state index contributed by atoms with van der Waals surface area (Å²) in [5.74, 6) is 5.41. The quantitative estimate of drug-likeness (QED) is 0.719. The van der Waals surface area contributed by atoms with Crippen LogP contribution in [0, 0.1) is 11.8 Å². The molecule has 104 valence electrons. The number of fused-ring (bicyclic) bond motifs is 1. The fourth-order valence-corrected chi connectivity index (χ4v) is 2.14. The number of pyridine rings is 1. The monoisotopic (exact) mass is 279 g/mol. The van der Waals surface area contributed by atoms with Crippen molar-refractivity contribution in [1.29, 1.82) is 0 Å². The van der Waals surface area contributed by atoms with E-state index in [-0.39, 0.29) is 0 Å². The number of hydrogen-bond acceptors (Lipinski definition) is 4. The molecule has 0 radical (unpaired) electrons. The Balaban J connectivity index is 2.07. The van der Waals surface area contributed by atoms with Crippen molar-refractivity contribution in [3.63, 3.8) is 0 Å². The second-order valence-corrected chi connectivity index (χ2v) is 4.44. The molecule has 1 aromatic carbocycles. The lowest BCUT2D eigenvalue weighted by molar-refractivity contribution is 0.517. The maximum absolute atomic E-state index is 12.0. The average molecular weight is 279 g/mol. The molecule has 0 spiro atoms. The van der Waals surface area contributed by atoms with Crippen molar-refractivity contribution in [2.24, 2.45) is 5.73 Å². The molecule has 0 aliphatic rings. The number of rotatable bonds is 2. The van der Waals surface area contributed by atoms with Crippen molar-refractivity contribution >= 4 is 11.2 Å². The Morgan fingerprint density at radius 3 is 2.95 bits per heavy atom. The van der Waals surface area contributed by atoms with Crippen LogP contribution in [0.3, 0.4) is 0 Å². The van der Waals surface area contributed by atoms with E-state index in [0.29, 0.717) is 24.3 Å². The SMILES string of the molecule is NCC#Cc1ccccc1Cn1c(=O)oc2cccnc21. The van der Waals surface area contributed by atoms with Gasteiger partial charge in [-0.15, -0.1) is 0 Å². The van der Waals surface area contributed by atoms with Crippen LogP contribution in [0.4, 0.5) is 0 Å². The molecule has 0 fully saturated rings. The normalized spacial score (nSPS) is 10.3. The molecule has 0 atom stereocenters. The lowest BCUT2D eigenvalue weighted by atomic mass is 10.1. The van der Waals surface area contributed by atoms with Crippen molar-refractivity contribution in [2.45, 2.75) is 6.54 Å². The Morgan fingerprint density at radius 2 is 2.10 bits per heavy atom. The molecule has 0 aliphatic carbocycles. The smallest absolute Gasteiger partial charge is 0.406 e. The first-order valence-electron chi connectivity index (χ1n) is 6.51. The largest absolute Gasteiger partial charge is 0.421 e. The highest BCUT2D eigenvalue weighted by atomic mass is 16.4. The van der Waals surface area contributed by atoms with Gasteiger partial charge in [0.05, 0.1) is 13.1 Å². The molecule has 0 bridgehead atoms. The summed E-state index contributed by atoms with van der Waals surface area (Å²) in [5, 5.41) is 0. The summed E-state index contributed by atoms with van der Waals surface area (Å²) in [6.45, 7) is 0.656. The summed E-state index contributed by atoms with van der Waals surface area (Å²) in [6.07, 6.45) is 1.63. The van der Waals surface area contributed by atoms with E-state index in [0.717, 1.165) is 11.1 Å². The van der Waals surface area contributed by atoms with Crippen LogP contribution in [0.15, 0.2) is 51.8 Å². The van der Waals surface area contributed by atoms with Crippen molar-refractivity contribution < 1.29 is 4.42 Å². The molecular formula is C16H13N3O2. The second kappa shape index (κ2) is 5.65. The Kier molecular flexibility index (Phi) is 3.54. The Bertz CT molecular complexity index is 897. The van der Waals surface area contributed by atoms with E-state index in [1.165, 1.54) is 4.57 Å². The lowest BCUT2D eigenvalue weighted by Crippen LogP contribution is -2.16. The summed E-state index contributed by atoms with van der Waals surface area (Å²) >= 11 is 0. The molecule has 3 aromatic rings. The summed E-state index contributed by atoms with van der Waals surface area (Å²) in [7, 11) is 0. The molecule has 2 N–H and O–H groups in total. The molecule has 2 aromatic heterocycles. The minimum atomic E-state index is -0.426. The van der Waals surface area contributed by atoms with Gasteiger partial charge >= 0.3 is 5.76 Å². The molecule has 0 unspecified atom stereocenters. The van der Waals surface area contributed by atoms with Crippen molar-refractivity contribution in [1.82, 2.24) is 9.55 Å². The molecule has 0 amide bonds.